The molecule has 0 aliphatic heterocycles. The SMILES string of the molecule is CC(=N)C(=O)c1cc(C(=O)Nc2ccc(F)c(C#N)c2)cn1C. The summed E-state index contributed by atoms with van der Waals surface area (Å²) < 4.78 is 14.7. The number of hydrogen-bond donors (Lipinski definition) is 2. The van der Waals surface area contributed by atoms with E-state index in [0.717, 1.165) is 6.07 Å². The van der Waals surface area contributed by atoms with Crippen molar-refractivity contribution in [2.24, 2.45) is 7.05 Å². The Bertz CT molecular complexity index is 861. The third-order valence-electron chi connectivity index (χ3n) is 3.19. The second-order valence-electron chi connectivity index (χ2n) is 4.94. The minimum atomic E-state index is -0.667. The van der Waals surface area contributed by atoms with Gasteiger partial charge in [0.25, 0.3) is 5.91 Å². The molecule has 0 aliphatic carbocycles. The Kier molecular flexibility index (Phi) is 4.37. The zero-order valence-corrected chi connectivity index (χ0v) is 12.5. The third kappa shape index (κ3) is 3.32. The van der Waals surface area contributed by atoms with E-state index in [0.29, 0.717) is 0 Å². The fourth-order valence-corrected chi connectivity index (χ4v) is 2.00. The molecule has 0 bridgehead atoms. The number of rotatable bonds is 4. The minimum absolute atomic E-state index is 0.129. The summed E-state index contributed by atoms with van der Waals surface area (Å²) in [5.74, 6) is -1.64. The van der Waals surface area contributed by atoms with Crippen LogP contribution in [0.15, 0.2) is 30.5 Å². The fourth-order valence-electron chi connectivity index (χ4n) is 2.00. The maximum absolute atomic E-state index is 13.3. The number of carbonyl (C=O) groups is 2. The predicted octanol–water partition coefficient (Wildman–Crippen LogP) is 2.51. The number of halogens is 1. The lowest BCUT2D eigenvalue weighted by Gasteiger charge is -2.04. The van der Waals surface area contributed by atoms with Crippen molar-refractivity contribution in [3.8, 4) is 6.07 Å². The van der Waals surface area contributed by atoms with E-state index in [1.54, 1.807) is 13.1 Å². The van der Waals surface area contributed by atoms with Crippen molar-refractivity contribution in [2.75, 3.05) is 5.32 Å². The van der Waals surface area contributed by atoms with Crippen molar-refractivity contribution in [2.45, 2.75) is 6.92 Å². The van der Waals surface area contributed by atoms with E-state index in [1.165, 1.54) is 35.9 Å². The second kappa shape index (κ2) is 6.23. The molecule has 0 saturated heterocycles. The highest BCUT2D eigenvalue weighted by atomic mass is 19.1. The number of nitriles is 1. The van der Waals surface area contributed by atoms with E-state index >= 15 is 0 Å². The van der Waals surface area contributed by atoms with Gasteiger partial charge in [0.15, 0.2) is 0 Å². The van der Waals surface area contributed by atoms with Gasteiger partial charge in [-0.05, 0) is 31.2 Å². The average Bonchev–Trinajstić information content (AvgIpc) is 2.90. The summed E-state index contributed by atoms with van der Waals surface area (Å²) in [6.07, 6.45) is 1.46. The van der Waals surface area contributed by atoms with Crippen LogP contribution in [0.2, 0.25) is 0 Å². The molecular formula is C16H13FN4O2. The molecule has 2 aromatic rings. The van der Waals surface area contributed by atoms with Crippen LogP contribution in [0.3, 0.4) is 0 Å². The maximum Gasteiger partial charge on any atom is 0.257 e. The van der Waals surface area contributed by atoms with Gasteiger partial charge in [-0.3, -0.25) is 9.59 Å². The van der Waals surface area contributed by atoms with Gasteiger partial charge in [-0.2, -0.15) is 5.26 Å². The number of amides is 1. The van der Waals surface area contributed by atoms with Crippen LogP contribution < -0.4 is 5.32 Å². The number of anilines is 1. The summed E-state index contributed by atoms with van der Waals surface area (Å²) in [6.45, 7) is 1.37. The molecule has 0 unspecified atom stereocenters. The maximum atomic E-state index is 13.3. The highest BCUT2D eigenvalue weighted by Gasteiger charge is 2.17. The number of aryl methyl sites for hydroxylation is 1. The van der Waals surface area contributed by atoms with Gasteiger partial charge in [-0.15, -0.1) is 0 Å². The topological polar surface area (TPSA) is 98.7 Å². The van der Waals surface area contributed by atoms with Crippen LogP contribution >= 0.6 is 0 Å². The minimum Gasteiger partial charge on any atom is -0.347 e. The van der Waals surface area contributed by atoms with E-state index in [-0.39, 0.29) is 28.2 Å². The number of Topliss-reactive ketones (excluding diaryl/α,β-unsaturated/α-hetero) is 1. The number of benzene rings is 1. The van der Waals surface area contributed by atoms with Crippen LogP contribution in [0.25, 0.3) is 0 Å². The van der Waals surface area contributed by atoms with E-state index in [9.17, 15) is 14.0 Å². The van der Waals surface area contributed by atoms with Crippen molar-refractivity contribution in [1.29, 1.82) is 10.7 Å². The Labute approximate surface area is 131 Å². The van der Waals surface area contributed by atoms with Crippen LogP contribution in [-0.4, -0.2) is 22.0 Å². The summed E-state index contributed by atoms with van der Waals surface area (Å²) in [5, 5.41) is 18.7. The van der Waals surface area contributed by atoms with E-state index in [4.69, 9.17) is 10.7 Å². The molecule has 0 fully saturated rings. The molecule has 1 aromatic carbocycles. The largest absolute Gasteiger partial charge is 0.347 e. The predicted molar refractivity (Wildman–Crippen MR) is 82.2 cm³/mol. The van der Waals surface area contributed by atoms with Gasteiger partial charge in [0.2, 0.25) is 5.78 Å². The summed E-state index contributed by atoms with van der Waals surface area (Å²) in [5.41, 5.74) is 0.411. The molecule has 0 spiro atoms. The quantitative estimate of drug-likeness (QED) is 0.670. The fraction of sp³-hybridized carbons (Fsp3) is 0.125. The number of ketones is 1. The zero-order chi connectivity index (χ0) is 17.1. The molecule has 7 heteroatoms. The summed E-state index contributed by atoms with van der Waals surface area (Å²) in [7, 11) is 1.60. The first-order valence-corrected chi connectivity index (χ1v) is 6.60. The Balaban J connectivity index is 2.25. The number of aromatic nitrogens is 1. The van der Waals surface area contributed by atoms with Gasteiger partial charge in [-0.1, -0.05) is 0 Å². The lowest BCUT2D eigenvalue weighted by atomic mass is 10.1. The van der Waals surface area contributed by atoms with Gasteiger partial charge in [-0.25, -0.2) is 4.39 Å². The first-order valence-electron chi connectivity index (χ1n) is 6.60. The Morgan fingerprint density at radius 1 is 1.35 bits per heavy atom. The normalized spacial score (nSPS) is 10.0. The summed E-state index contributed by atoms with van der Waals surface area (Å²) >= 11 is 0. The highest BCUT2D eigenvalue weighted by Crippen LogP contribution is 2.16. The zero-order valence-electron chi connectivity index (χ0n) is 12.5. The van der Waals surface area contributed by atoms with Gasteiger partial charge in [0.05, 0.1) is 22.5 Å². The molecule has 2 N–H and O–H groups in total. The number of nitrogens with zero attached hydrogens (tertiary/aromatic N) is 2. The van der Waals surface area contributed by atoms with E-state index in [2.05, 4.69) is 5.32 Å². The summed E-state index contributed by atoms with van der Waals surface area (Å²) in [4.78, 5) is 24.0. The average molecular weight is 312 g/mol. The molecule has 0 saturated carbocycles. The standard InChI is InChI=1S/C16H13FN4O2/c1-9(19)15(22)14-6-11(8-21(14)2)16(23)20-12-3-4-13(17)10(5-12)7-18/h3-6,8,19H,1-2H3,(H,20,23). The number of hydrogen-bond acceptors (Lipinski definition) is 4. The van der Waals surface area contributed by atoms with Crippen LogP contribution in [0.1, 0.15) is 33.3 Å². The van der Waals surface area contributed by atoms with E-state index < -0.39 is 17.5 Å². The third-order valence-corrected chi connectivity index (χ3v) is 3.19. The Hall–Kier alpha value is -3.27. The lowest BCUT2D eigenvalue weighted by molar-refractivity contribution is 0.102. The number of carbonyl (C=O) groups excluding carboxylic acids is 2. The molecule has 23 heavy (non-hydrogen) atoms. The molecule has 1 aromatic heterocycles. The van der Waals surface area contributed by atoms with Crippen molar-refractivity contribution in [3.05, 3.63) is 53.1 Å². The lowest BCUT2D eigenvalue weighted by Crippen LogP contribution is -2.13. The first-order chi connectivity index (χ1) is 10.8. The number of nitrogens with one attached hydrogen (secondary N) is 2. The van der Waals surface area contributed by atoms with Gasteiger partial charge in [0, 0.05) is 18.9 Å². The van der Waals surface area contributed by atoms with Crippen molar-refractivity contribution >= 4 is 23.1 Å². The van der Waals surface area contributed by atoms with Gasteiger partial charge < -0.3 is 15.3 Å². The van der Waals surface area contributed by atoms with Crippen molar-refractivity contribution in [3.63, 3.8) is 0 Å². The van der Waals surface area contributed by atoms with E-state index in [1.807, 2.05) is 0 Å². The second-order valence-corrected chi connectivity index (χ2v) is 4.94. The van der Waals surface area contributed by atoms with Gasteiger partial charge in [0.1, 0.15) is 11.9 Å². The molecule has 0 aliphatic rings. The molecule has 0 atom stereocenters. The molecule has 1 amide bonds. The molecule has 0 radical (unpaired) electrons. The molecule has 6 nitrogen and oxygen atoms in total. The molecule has 2 rings (SSSR count). The molecule has 116 valence electrons. The Morgan fingerprint density at radius 2 is 2.04 bits per heavy atom. The summed E-state index contributed by atoms with van der Waals surface area (Å²) in [6, 6.07) is 6.72. The molecule has 1 heterocycles. The molecular weight excluding hydrogens is 299 g/mol. The first kappa shape index (κ1) is 16.1. The van der Waals surface area contributed by atoms with Gasteiger partial charge >= 0.3 is 0 Å². The van der Waals surface area contributed by atoms with Crippen LogP contribution in [0, 0.1) is 22.6 Å². The highest BCUT2D eigenvalue weighted by molar-refractivity contribution is 6.43. The van der Waals surface area contributed by atoms with Crippen molar-refractivity contribution in [1.82, 2.24) is 4.57 Å². The van der Waals surface area contributed by atoms with Crippen LogP contribution in [0.4, 0.5) is 10.1 Å². The van der Waals surface area contributed by atoms with Crippen LogP contribution in [0.5, 0.6) is 0 Å². The van der Waals surface area contributed by atoms with Crippen LogP contribution in [-0.2, 0) is 7.05 Å². The monoisotopic (exact) mass is 312 g/mol. The van der Waals surface area contributed by atoms with Crippen molar-refractivity contribution < 1.29 is 14.0 Å². The smallest absolute Gasteiger partial charge is 0.257 e. The Morgan fingerprint density at radius 3 is 2.65 bits per heavy atom.